The lowest BCUT2D eigenvalue weighted by molar-refractivity contribution is 1.41. The van der Waals surface area contributed by atoms with E-state index in [1.807, 2.05) is 6.07 Å². The molecule has 0 fully saturated rings. The van der Waals surface area contributed by atoms with Gasteiger partial charge in [0.2, 0.25) is 0 Å². The first-order valence-corrected chi connectivity index (χ1v) is 6.87. The van der Waals surface area contributed by atoms with Crippen molar-refractivity contribution in [2.24, 2.45) is 4.99 Å². The van der Waals surface area contributed by atoms with E-state index in [1.54, 1.807) is 42.7 Å². The van der Waals surface area contributed by atoms with Crippen LogP contribution in [0.5, 0.6) is 0 Å². The molecule has 5 heteroatoms. The van der Waals surface area contributed by atoms with Gasteiger partial charge in [0.15, 0.2) is 5.57 Å². The molecule has 90 valence electrons. The van der Waals surface area contributed by atoms with Crippen molar-refractivity contribution in [1.29, 1.82) is 10.5 Å². The van der Waals surface area contributed by atoms with Crippen molar-refractivity contribution < 1.29 is 4.11 Å². The summed E-state index contributed by atoms with van der Waals surface area (Å²) >= 11 is 1.75. The van der Waals surface area contributed by atoms with Gasteiger partial charge >= 0.3 is 0 Å². The Morgan fingerprint density at radius 1 is 1.22 bits per heavy atom. The molecule has 0 aliphatic carbocycles. The van der Waals surface area contributed by atoms with Crippen LogP contribution in [0, 0.1) is 22.7 Å². The van der Waals surface area contributed by atoms with Crippen molar-refractivity contribution in [2.75, 3.05) is 12.4 Å². The fourth-order valence-corrected chi connectivity index (χ4v) is 2.07. The average molecular weight is 279 g/mol. The van der Waals surface area contributed by atoms with E-state index in [0.29, 0.717) is 17.3 Å². The summed E-state index contributed by atoms with van der Waals surface area (Å²) in [6.07, 6.45) is -0.590. The van der Waals surface area contributed by atoms with Crippen molar-refractivity contribution in [3.8, 4) is 12.1 Å². The van der Waals surface area contributed by atoms with E-state index in [9.17, 15) is 0 Å². The summed E-state index contributed by atoms with van der Waals surface area (Å²) in [6.45, 7) is 0. The summed E-state index contributed by atoms with van der Waals surface area (Å²) in [5, 5.41) is 18.3. The number of rotatable bonds is 3. The van der Waals surface area contributed by atoms with Crippen LogP contribution in [0.3, 0.4) is 0 Å². The zero-order chi connectivity index (χ0) is 15.9. The number of hydrogen-bond acceptors (Lipinski definition) is 5. The number of aliphatic imine (C=N–C) groups is 1. The molecule has 0 aromatic heterocycles. The van der Waals surface area contributed by atoms with Crippen LogP contribution in [0.4, 0.5) is 0 Å². The van der Waals surface area contributed by atoms with Crippen LogP contribution in [0.25, 0.3) is 0 Å². The number of nitriles is 2. The van der Waals surface area contributed by atoms with Gasteiger partial charge < -0.3 is 0 Å². The van der Waals surface area contributed by atoms with Gasteiger partial charge in [0.1, 0.15) is 22.2 Å². The van der Waals surface area contributed by atoms with Crippen LogP contribution in [0.2, 0.25) is 0 Å². The highest BCUT2D eigenvalue weighted by Crippen LogP contribution is 2.22. The first-order valence-electron chi connectivity index (χ1n) is 6.33. The lowest BCUT2D eigenvalue weighted by Gasteiger charge is -2.04. The Morgan fingerprint density at radius 2 is 1.89 bits per heavy atom. The fraction of sp³-hybridized carbons (Fsp3) is 0.154. The molecule has 0 radical (unpaired) electrons. The minimum atomic E-state index is -2.27. The SMILES string of the molecule is [3H]C([3H])([3H])S/C(=N\C(SC)=C(C#N)C#N)c1ccccc1. The first kappa shape index (κ1) is 10.3. The Balaban J connectivity index is 3.38. The molecule has 0 aliphatic heterocycles. The van der Waals surface area contributed by atoms with Gasteiger partial charge in [-0.2, -0.15) is 10.5 Å². The Labute approximate surface area is 119 Å². The molecule has 3 nitrogen and oxygen atoms in total. The van der Waals surface area contributed by atoms with Crippen LogP contribution in [-0.4, -0.2) is 17.5 Å². The molecular weight excluding hydrogens is 262 g/mol. The Hall–Kier alpha value is -1.69. The number of hydrogen-bond donors (Lipinski definition) is 0. The Kier molecular flexibility index (Phi) is 4.33. The molecule has 1 aromatic rings. The minimum absolute atomic E-state index is 0.137. The molecule has 0 bridgehead atoms. The van der Waals surface area contributed by atoms with E-state index in [1.165, 1.54) is 0 Å². The largest absolute Gasteiger partial charge is 0.232 e. The summed E-state index contributed by atoms with van der Waals surface area (Å²) in [5.41, 5.74) is 0.488. The Bertz CT molecular complexity index is 621. The molecule has 0 saturated carbocycles. The minimum Gasteiger partial charge on any atom is -0.232 e. The number of nitrogens with zero attached hydrogens (tertiary/aromatic N) is 3. The quantitative estimate of drug-likeness (QED) is 0.483. The van der Waals surface area contributed by atoms with Crippen LogP contribution in [-0.2, 0) is 0 Å². The van der Waals surface area contributed by atoms with Crippen molar-refractivity contribution in [3.05, 3.63) is 46.5 Å². The maximum absolute atomic E-state index is 8.91. The second kappa shape index (κ2) is 7.60. The zero-order valence-corrected chi connectivity index (χ0v) is 11.2. The van der Waals surface area contributed by atoms with Crippen molar-refractivity contribution >= 4 is 28.6 Å². The van der Waals surface area contributed by atoms with Gasteiger partial charge in [-0.15, -0.1) is 23.5 Å². The molecule has 0 N–H and O–H groups in total. The van der Waals surface area contributed by atoms with Gasteiger partial charge in [-0.1, -0.05) is 30.3 Å². The number of thioether (sulfide) groups is 2. The fourth-order valence-electron chi connectivity index (χ4n) is 1.14. The maximum atomic E-state index is 8.91. The van der Waals surface area contributed by atoms with Crippen LogP contribution >= 0.6 is 23.5 Å². The van der Waals surface area contributed by atoms with E-state index in [2.05, 4.69) is 4.99 Å². The highest BCUT2D eigenvalue weighted by Gasteiger charge is 2.07. The van der Waals surface area contributed by atoms with Crippen LogP contribution < -0.4 is 0 Å². The van der Waals surface area contributed by atoms with Gasteiger partial charge in [0, 0.05) is 9.68 Å². The highest BCUT2D eigenvalue weighted by molar-refractivity contribution is 8.14. The predicted molar refractivity (Wildman–Crippen MR) is 78.3 cm³/mol. The maximum Gasteiger partial charge on any atom is 0.161 e. The zero-order valence-electron chi connectivity index (χ0n) is 12.5. The molecule has 18 heavy (non-hydrogen) atoms. The van der Waals surface area contributed by atoms with Crippen LogP contribution in [0.1, 0.15) is 9.68 Å². The topological polar surface area (TPSA) is 59.9 Å². The molecule has 0 unspecified atom stereocenters. The van der Waals surface area contributed by atoms with Gasteiger partial charge in [-0.25, -0.2) is 4.99 Å². The van der Waals surface area contributed by atoms with Gasteiger partial charge in [-0.3, -0.25) is 0 Å². The normalized spacial score (nSPS) is 13.5. The van der Waals surface area contributed by atoms with E-state index in [-0.39, 0.29) is 15.6 Å². The third kappa shape index (κ3) is 3.66. The number of benzene rings is 1. The summed E-state index contributed by atoms with van der Waals surface area (Å²) < 4.78 is 22.1. The van der Waals surface area contributed by atoms with Gasteiger partial charge in [0.05, 0.1) is 0 Å². The van der Waals surface area contributed by atoms with Gasteiger partial charge in [0.25, 0.3) is 0 Å². The molecule has 0 aliphatic rings. The van der Waals surface area contributed by atoms with Gasteiger partial charge in [-0.05, 0) is 12.4 Å². The summed E-state index contributed by atoms with van der Waals surface area (Å²) in [4.78, 5) is 4.21. The van der Waals surface area contributed by atoms with Crippen molar-refractivity contribution in [1.82, 2.24) is 0 Å². The molecule has 0 atom stereocenters. The van der Waals surface area contributed by atoms with Crippen LogP contribution in [0.15, 0.2) is 45.9 Å². The lowest BCUT2D eigenvalue weighted by Crippen LogP contribution is -1.95. The molecule has 0 saturated heterocycles. The first-order chi connectivity index (χ1) is 9.91. The molecular formula is C13H11N3S2. The third-order valence-electron chi connectivity index (χ3n) is 1.95. The number of allylic oxidation sites excluding steroid dienone is 1. The summed E-state index contributed by atoms with van der Waals surface area (Å²) in [7, 11) is 0. The second-order valence-electron chi connectivity index (χ2n) is 2.99. The van der Waals surface area contributed by atoms with E-state index >= 15 is 0 Å². The highest BCUT2D eigenvalue weighted by atomic mass is 32.2. The molecule has 1 rings (SSSR count). The summed E-state index contributed by atoms with van der Waals surface area (Å²) in [5.74, 6) is 0. The molecule has 0 heterocycles. The Morgan fingerprint density at radius 3 is 2.39 bits per heavy atom. The smallest absolute Gasteiger partial charge is 0.161 e. The van der Waals surface area contributed by atoms with Crippen molar-refractivity contribution in [3.63, 3.8) is 0 Å². The van der Waals surface area contributed by atoms with E-state index in [0.717, 1.165) is 11.8 Å². The molecule has 0 amide bonds. The average Bonchev–Trinajstić information content (AvgIpc) is 2.46. The van der Waals surface area contributed by atoms with E-state index in [4.69, 9.17) is 14.6 Å². The third-order valence-corrected chi connectivity index (χ3v) is 3.15. The standard InChI is InChI=1S/C13H11N3S2/c1-17-12(10-6-4-3-5-7-10)16-13(18-2)11(8-14)9-15/h3-7H,1-2H3/b16-12-/i1T3. The van der Waals surface area contributed by atoms with E-state index < -0.39 is 6.18 Å². The summed E-state index contributed by atoms with van der Waals surface area (Å²) in [6, 6.07) is 12.3. The second-order valence-corrected chi connectivity index (χ2v) is 4.38. The lowest BCUT2D eigenvalue weighted by atomic mass is 10.2. The molecule has 1 aromatic carbocycles. The predicted octanol–water partition coefficient (Wildman–Crippen LogP) is 3.42. The molecule has 0 spiro atoms. The van der Waals surface area contributed by atoms with Crippen molar-refractivity contribution in [2.45, 2.75) is 0 Å². The monoisotopic (exact) mass is 279 g/mol.